The zero-order chi connectivity index (χ0) is 27.2. The summed E-state index contributed by atoms with van der Waals surface area (Å²) in [6.45, 7) is 13.5. The van der Waals surface area contributed by atoms with Crippen LogP contribution in [0.5, 0.6) is 0 Å². The normalized spacial score (nSPS) is 48.4. The maximum atomic E-state index is 14.1. The molecule has 5 heteroatoms. The molecular weight excluding hydrogens is 464 g/mol. The van der Waals surface area contributed by atoms with E-state index < -0.39 is 10.8 Å². The largest absolute Gasteiger partial charge is 0.469 e. The Morgan fingerprint density at radius 2 is 1.49 bits per heavy atom. The molecule has 5 nitrogen and oxygen atoms in total. The maximum Gasteiger partial charge on any atom is 0.316 e. The average Bonchev–Trinajstić information content (AvgIpc) is 2.85. The third-order valence-corrected chi connectivity index (χ3v) is 13.2. The summed E-state index contributed by atoms with van der Waals surface area (Å²) < 4.78 is 11.0. The quantitative estimate of drug-likeness (QED) is 0.305. The van der Waals surface area contributed by atoms with E-state index in [4.69, 9.17) is 9.47 Å². The highest BCUT2D eigenvalue weighted by molar-refractivity contribution is 5.86. The summed E-state index contributed by atoms with van der Waals surface area (Å²) in [7, 11) is 3.03. The Balaban J connectivity index is 1.65. The van der Waals surface area contributed by atoms with Crippen molar-refractivity contribution in [2.45, 2.75) is 106 Å². The molecule has 4 fully saturated rings. The summed E-state index contributed by atoms with van der Waals surface area (Å²) >= 11 is 0. The molecule has 8 atom stereocenters. The number of hydrogen-bond acceptors (Lipinski definition) is 5. The highest BCUT2D eigenvalue weighted by atomic mass is 16.5. The molecule has 0 N–H and O–H groups in total. The Kier molecular flexibility index (Phi) is 5.95. The van der Waals surface area contributed by atoms with Gasteiger partial charge in [0.05, 0.1) is 25.0 Å². The smallest absolute Gasteiger partial charge is 0.316 e. The second-order valence-corrected chi connectivity index (χ2v) is 15.0. The van der Waals surface area contributed by atoms with E-state index in [0.717, 1.165) is 57.8 Å². The van der Waals surface area contributed by atoms with E-state index in [1.807, 2.05) is 6.92 Å². The van der Waals surface area contributed by atoms with Gasteiger partial charge in [0.2, 0.25) is 0 Å². The first kappa shape index (κ1) is 26.9. The third-order valence-electron chi connectivity index (χ3n) is 13.2. The van der Waals surface area contributed by atoms with Crippen molar-refractivity contribution in [1.29, 1.82) is 0 Å². The topological polar surface area (TPSA) is 69.7 Å². The Morgan fingerprint density at radius 3 is 2.14 bits per heavy atom. The van der Waals surface area contributed by atoms with E-state index in [0.29, 0.717) is 24.0 Å². The van der Waals surface area contributed by atoms with Gasteiger partial charge in [0.1, 0.15) is 5.78 Å². The fourth-order valence-corrected chi connectivity index (χ4v) is 10.9. The van der Waals surface area contributed by atoms with Crippen LogP contribution in [0.15, 0.2) is 11.6 Å². The van der Waals surface area contributed by atoms with Gasteiger partial charge in [-0.2, -0.15) is 0 Å². The van der Waals surface area contributed by atoms with Gasteiger partial charge in [0.25, 0.3) is 0 Å². The lowest BCUT2D eigenvalue weighted by Gasteiger charge is -2.70. The van der Waals surface area contributed by atoms with Gasteiger partial charge >= 0.3 is 11.9 Å². The van der Waals surface area contributed by atoms with E-state index in [1.165, 1.54) is 12.7 Å². The van der Waals surface area contributed by atoms with Crippen LogP contribution in [0.1, 0.15) is 106 Å². The molecule has 0 aliphatic heterocycles. The van der Waals surface area contributed by atoms with Crippen LogP contribution < -0.4 is 0 Å². The zero-order valence-electron chi connectivity index (χ0n) is 24.4. The summed E-state index contributed by atoms with van der Waals surface area (Å²) in [6.07, 6.45) is 11.1. The summed E-state index contributed by atoms with van der Waals surface area (Å²) in [5.74, 6) is 0.971. The number of ketones is 1. The molecule has 5 rings (SSSR count). The van der Waals surface area contributed by atoms with Crippen molar-refractivity contribution in [2.75, 3.05) is 14.2 Å². The van der Waals surface area contributed by atoms with E-state index >= 15 is 0 Å². The molecule has 0 saturated heterocycles. The summed E-state index contributed by atoms with van der Waals surface area (Å²) in [4.78, 5) is 40.1. The monoisotopic (exact) mass is 512 g/mol. The predicted octanol–water partition coefficient (Wildman–Crippen LogP) is 6.68. The summed E-state index contributed by atoms with van der Waals surface area (Å²) in [5.41, 5.74) is -0.464. The first-order valence-electron chi connectivity index (χ1n) is 14.6. The number of rotatable bonds is 2. The van der Waals surface area contributed by atoms with Gasteiger partial charge in [0.15, 0.2) is 0 Å². The van der Waals surface area contributed by atoms with Gasteiger partial charge in [-0.15, -0.1) is 0 Å². The van der Waals surface area contributed by atoms with E-state index in [9.17, 15) is 14.4 Å². The highest BCUT2D eigenvalue weighted by Gasteiger charge is 2.72. The summed E-state index contributed by atoms with van der Waals surface area (Å²) in [5, 5.41) is 0. The lowest BCUT2D eigenvalue weighted by Crippen LogP contribution is -2.66. The van der Waals surface area contributed by atoms with Crippen LogP contribution in [0.25, 0.3) is 0 Å². The van der Waals surface area contributed by atoms with Crippen molar-refractivity contribution >= 4 is 17.7 Å². The van der Waals surface area contributed by atoms with Crippen molar-refractivity contribution in [3.8, 4) is 0 Å². The van der Waals surface area contributed by atoms with Crippen LogP contribution in [-0.2, 0) is 23.9 Å². The number of ether oxygens (including phenoxy) is 2. The highest BCUT2D eigenvalue weighted by Crippen LogP contribution is 2.75. The minimum absolute atomic E-state index is 0.00130. The van der Waals surface area contributed by atoms with Crippen molar-refractivity contribution in [2.24, 2.45) is 50.2 Å². The van der Waals surface area contributed by atoms with Gasteiger partial charge in [-0.05, 0) is 98.7 Å². The number of Topliss-reactive ketones (excluding diaryl/α,β-unsaturated/α-hetero) is 1. The molecule has 5 aliphatic carbocycles. The molecular formula is C32H48O5. The van der Waals surface area contributed by atoms with E-state index in [-0.39, 0.29) is 39.5 Å². The van der Waals surface area contributed by atoms with Crippen LogP contribution in [0.2, 0.25) is 0 Å². The van der Waals surface area contributed by atoms with Gasteiger partial charge in [-0.25, -0.2) is 0 Å². The molecule has 0 aromatic carbocycles. The fraction of sp³-hybridized carbons (Fsp3) is 0.844. The molecule has 37 heavy (non-hydrogen) atoms. The number of esters is 2. The second-order valence-electron chi connectivity index (χ2n) is 15.0. The van der Waals surface area contributed by atoms with Gasteiger partial charge in [-0.3, -0.25) is 14.4 Å². The molecule has 206 valence electrons. The minimum atomic E-state index is -0.678. The van der Waals surface area contributed by atoms with Crippen LogP contribution in [-0.4, -0.2) is 31.9 Å². The molecule has 0 spiro atoms. The van der Waals surface area contributed by atoms with Crippen molar-refractivity contribution in [3.05, 3.63) is 11.6 Å². The Labute approximate surface area is 223 Å². The first-order chi connectivity index (χ1) is 17.2. The van der Waals surface area contributed by atoms with Gasteiger partial charge in [0, 0.05) is 11.8 Å². The van der Waals surface area contributed by atoms with Gasteiger partial charge in [-0.1, -0.05) is 46.3 Å². The van der Waals surface area contributed by atoms with E-state index in [1.54, 1.807) is 7.11 Å². The van der Waals surface area contributed by atoms with Crippen molar-refractivity contribution in [1.82, 2.24) is 0 Å². The fourth-order valence-electron chi connectivity index (χ4n) is 10.9. The molecule has 4 saturated carbocycles. The molecule has 0 radical (unpaired) electrons. The second kappa shape index (κ2) is 8.18. The molecule has 0 amide bonds. The lowest BCUT2D eigenvalue weighted by atomic mass is 9.33. The predicted molar refractivity (Wildman–Crippen MR) is 142 cm³/mol. The Hall–Kier alpha value is -1.65. The maximum absolute atomic E-state index is 14.1. The van der Waals surface area contributed by atoms with Crippen molar-refractivity contribution in [3.63, 3.8) is 0 Å². The molecule has 0 unspecified atom stereocenters. The average molecular weight is 513 g/mol. The zero-order valence-corrected chi connectivity index (χ0v) is 24.4. The number of fused-ring (bicyclic) bond motifs is 7. The minimum Gasteiger partial charge on any atom is -0.469 e. The number of methoxy groups -OCH3 is 2. The van der Waals surface area contributed by atoms with Crippen molar-refractivity contribution < 1.29 is 23.9 Å². The van der Waals surface area contributed by atoms with Crippen LogP contribution in [0, 0.1) is 50.2 Å². The lowest BCUT2D eigenvalue weighted by molar-refractivity contribution is -0.203. The molecule has 0 aromatic rings. The van der Waals surface area contributed by atoms with Crippen LogP contribution in [0.3, 0.4) is 0 Å². The van der Waals surface area contributed by atoms with Crippen LogP contribution >= 0.6 is 0 Å². The molecule has 0 aromatic heterocycles. The SMILES string of the molecule is COC(=O)[C@]1(C)CC[C@]2(C)CC[C@]3(C(=O)OC)C(=CC[C@@H]4[C@@]5(C)CCC(=O)C(C)(C)[C@@H]5CC[C@]43C)[C@@H]2C1. The molecule has 5 aliphatic rings. The number of carbonyl (C=O) groups is 3. The van der Waals surface area contributed by atoms with E-state index in [2.05, 4.69) is 40.7 Å². The molecule has 0 heterocycles. The first-order valence-corrected chi connectivity index (χ1v) is 14.6. The Morgan fingerprint density at radius 1 is 0.838 bits per heavy atom. The number of allylic oxidation sites excluding steroid dienone is 1. The summed E-state index contributed by atoms with van der Waals surface area (Å²) in [6, 6.07) is 0. The third kappa shape index (κ3) is 3.24. The number of carbonyl (C=O) groups excluding carboxylic acids is 3. The van der Waals surface area contributed by atoms with Crippen LogP contribution in [0.4, 0.5) is 0 Å². The standard InChI is InChI=1S/C32H48O5/c1-27(2)22-11-14-31(6)23(30(22,5)13-12-24(27)33)10-9-20-21-19-29(4,25(34)36-7)16-15-28(21,3)17-18-32(20,31)26(35)37-8/h9,21-23H,10-19H2,1-8H3/t21-,22-,23+,28+,29+,30-,31+,32+/m0/s1. The molecule has 0 bridgehead atoms. The Bertz CT molecular complexity index is 1060. The van der Waals surface area contributed by atoms with Gasteiger partial charge < -0.3 is 9.47 Å². The number of hydrogen-bond donors (Lipinski definition) is 0.